The highest BCUT2D eigenvalue weighted by molar-refractivity contribution is 7.90. The molecule has 0 saturated carbocycles. The first-order valence-electron chi connectivity index (χ1n) is 2.79. The molecule has 0 heterocycles. The van der Waals surface area contributed by atoms with Crippen molar-refractivity contribution < 1.29 is 8.42 Å². The van der Waals surface area contributed by atoms with Crippen molar-refractivity contribution in [2.24, 2.45) is 0 Å². The van der Waals surface area contributed by atoms with Gasteiger partial charge in [-0.3, -0.25) is 0 Å². The Labute approximate surface area is 56.4 Å². The predicted octanol–water partition coefficient (Wildman–Crippen LogP) is -0.345. The summed E-state index contributed by atoms with van der Waals surface area (Å²) in [5, 5.41) is 3.77. The molecule has 0 unspecified atom stereocenters. The van der Waals surface area contributed by atoms with Crippen LogP contribution in [0.5, 0.6) is 0 Å². The third-order valence-corrected chi connectivity index (χ3v) is 1.93. The third kappa shape index (κ3) is 7.91. The van der Waals surface area contributed by atoms with Gasteiger partial charge in [0.2, 0.25) is 0 Å². The second kappa shape index (κ2) is 3.85. The highest BCUT2D eigenvalue weighted by Crippen LogP contribution is 1.86. The molecule has 0 atom stereocenters. The Morgan fingerprint density at radius 3 is 2.33 bits per heavy atom. The second-order valence-corrected chi connectivity index (χ2v) is 4.28. The molecule has 0 fully saturated rings. The minimum absolute atomic E-state index is 0.254. The lowest BCUT2D eigenvalue weighted by atomic mass is 10.5. The number of nitrogens with zero attached hydrogens (tertiary/aromatic N) is 1. The summed E-state index contributed by atoms with van der Waals surface area (Å²) in [6.45, 7) is 0.646. The van der Waals surface area contributed by atoms with Crippen LogP contribution in [0.15, 0.2) is 0 Å². The van der Waals surface area contributed by atoms with Gasteiger partial charge in [-0.1, -0.05) is 0 Å². The number of hydrogen-bond donors (Lipinski definition) is 0. The molecule has 0 bridgehead atoms. The summed E-state index contributed by atoms with van der Waals surface area (Å²) in [4.78, 5) is 0. The fraction of sp³-hybridized carbons (Fsp3) is 1.00. The molecule has 9 heavy (non-hydrogen) atoms. The van der Waals surface area contributed by atoms with Crippen molar-refractivity contribution in [2.45, 2.75) is 6.42 Å². The van der Waals surface area contributed by atoms with Crippen molar-refractivity contribution in [3.05, 3.63) is 0 Å². The standard InChI is InChI=1S/C5H12NO2S/c1-6-4-3-5-9(2,7)8/h3-5H2,1-2H3. The molecule has 0 N–H and O–H groups in total. The van der Waals surface area contributed by atoms with Gasteiger partial charge in [-0.25, -0.2) is 13.7 Å². The fourth-order valence-corrected chi connectivity index (χ4v) is 1.14. The first kappa shape index (κ1) is 8.91. The average Bonchev–Trinajstić information content (AvgIpc) is 1.63. The highest BCUT2D eigenvalue weighted by Gasteiger charge is 1.99. The molecule has 0 aromatic carbocycles. The number of sulfone groups is 1. The van der Waals surface area contributed by atoms with Crippen LogP contribution in [0.1, 0.15) is 6.42 Å². The van der Waals surface area contributed by atoms with E-state index < -0.39 is 9.84 Å². The summed E-state index contributed by atoms with van der Waals surface area (Å²) in [6, 6.07) is 0. The molecule has 0 aliphatic rings. The summed E-state index contributed by atoms with van der Waals surface area (Å²) in [6.07, 6.45) is 1.89. The number of rotatable bonds is 4. The van der Waals surface area contributed by atoms with Crippen molar-refractivity contribution in [3.63, 3.8) is 0 Å². The summed E-state index contributed by atoms with van der Waals surface area (Å²) < 4.78 is 20.9. The SMILES string of the molecule is C[N]CCCS(C)(=O)=O. The first-order chi connectivity index (χ1) is 4.06. The summed E-state index contributed by atoms with van der Waals surface area (Å²) in [5.74, 6) is 0.254. The molecule has 0 aromatic heterocycles. The zero-order valence-corrected chi connectivity index (χ0v) is 6.61. The topological polar surface area (TPSA) is 48.2 Å². The van der Waals surface area contributed by atoms with E-state index in [0.717, 1.165) is 0 Å². The maximum Gasteiger partial charge on any atom is 0.147 e. The van der Waals surface area contributed by atoms with E-state index in [2.05, 4.69) is 5.32 Å². The summed E-state index contributed by atoms with van der Waals surface area (Å²) in [7, 11) is -1.07. The molecule has 0 saturated heterocycles. The normalized spacial score (nSPS) is 11.8. The van der Waals surface area contributed by atoms with Gasteiger partial charge in [-0.2, -0.15) is 0 Å². The van der Waals surface area contributed by atoms with Gasteiger partial charge in [0.05, 0.1) is 5.75 Å². The van der Waals surface area contributed by atoms with Crippen molar-refractivity contribution in [3.8, 4) is 0 Å². The van der Waals surface area contributed by atoms with Gasteiger partial charge in [0.15, 0.2) is 0 Å². The van der Waals surface area contributed by atoms with Gasteiger partial charge in [-0.15, -0.1) is 0 Å². The molecule has 0 rings (SSSR count). The third-order valence-electron chi connectivity index (χ3n) is 0.897. The lowest BCUT2D eigenvalue weighted by molar-refractivity contribution is 0.597. The van der Waals surface area contributed by atoms with Crippen molar-refractivity contribution >= 4 is 9.84 Å². The van der Waals surface area contributed by atoms with E-state index in [-0.39, 0.29) is 5.75 Å². The van der Waals surface area contributed by atoms with Crippen LogP contribution < -0.4 is 5.32 Å². The Balaban J connectivity index is 3.30. The molecule has 0 aromatic rings. The molecule has 0 aliphatic carbocycles. The first-order valence-corrected chi connectivity index (χ1v) is 4.85. The van der Waals surface area contributed by atoms with E-state index in [0.29, 0.717) is 13.0 Å². The molecule has 4 heteroatoms. The molecule has 0 aliphatic heterocycles. The smallest absolute Gasteiger partial charge is 0.147 e. The average molecular weight is 150 g/mol. The van der Waals surface area contributed by atoms with Crippen LogP contribution in [-0.4, -0.2) is 34.0 Å². The van der Waals surface area contributed by atoms with E-state index in [4.69, 9.17) is 0 Å². The van der Waals surface area contributed by atoms with Crippen molar-refractivity contribution in [1.82, 2.24) is 5.32 Å². The Hall–Kier alpha value is -0.0900. The highest BCUT2D eigenvalue weighted by atomic mass is 32.2. The minimum atomic E-state index is -2.76. The van der Waals surface area contributed by atoms with Crippen LogP contribution in [0.3, 0.4) is 0 Å². The Morgan fingerprint density at radius 2 is 2.00 bits per heavy atom. The van der Waals surface area contributed by atoms with Gasteiger partial charge >= 0.3 is 0 Å². The fourth-order valence-electron chi connectivity index (χ4n) is 0.485. The molecular weight excluding hydrogens is 138 g/mol. The Bertz CT molecular complexity index is 150. The van der Waals surface area contributed by atoms with Crippen LogP contribution in [0.2, 0.25) is 0 Å². The van der Waals surface area contributed by atoms with Crippen LogP contribution in [0, 0.1) is 0 Å². The van der Waals surface area contributed by atoms with Crippen molar-refractivity contribution in [1.29, 1.82) is 0 Å². The summed E-state index contributed by atoms with van der Waals surface area (Å²) >= 11 is 0. The lowest BCUT2D eigenvalue weighted by Crippen LogP contribution is -2.08. The van der Waals surface area contributed by atoms with Gasteiger partial charge in [-0.05, 0) is 6.42 Å². The molecule has 0 amide bonds. The van der Waals surface area contributed by atoms with Gasteiger partial charge in [0.25, 0.3) is 0 Å². The monoisotopic (exact) mass is 150 g/mol. The number of hydrogen-bond acceptors (Lipinski definition) is 2. The molecular formula is C5H12NO2S. The maximum atomic E-state index is 10.5. The molecule has 1 radical (unpaired) electrons. The van der Waals surface area contributed by atoms with E-state index in [1.807, 2.05) is 0 Å². The predicted molar refractivity (Wildman–Crippen MR) is 37.3 cm³/mol. The largest absolute Gasteiger partial charge is 0.245 e. The molecule has 0 spiro atoms. The van der Waals surface area contributed by atoms with Crippen LogP contribution in [0.25, 0.3) is 0 Å². The molecule has 3 nitrogen and oxygen atoms in total. The van der Waals surface area contributed by atoms with Gasteiger partial charge < -0.3 is 0 Å². The van der Waals surface area contributed by atoms with Crippen LogP contribution in [-0.2, 0) is 9.84 Å². The lowest BCUT2D eigenvalue weighted by Gasteiger charge is -1.94. The summed E-state index contributed by atoms with van der Waals surface area (Å²) in [5.41, 5.74) is 0. The molecule has 55 valence electrons. The van der Waals surface area contributed by atoms with Gasteiger partial charge in [0, 0.05) is 19.8 Å². The van der Waals surface area contributed by atoms with Crippen LogP contribution in [0.4, 0.5) is 0 Å². The zero-order valence-electron chi connectivity index (χ0n) is 5.79. The van der Waals surface area contributed by atoms with E-state index in [9.17, 15) is 8.42 Å². The van der Waals surface area contributed by atoms with Gasteiger partial charge in [0.1, 0.15) is 9.84 Å². The van der Waals surface area contributed by atoms with Crippen LogP contribution >= 0.6 is 0 Å². The van der Waals surface area contributed by atoms with E-state index in [1.165, 1.54) is 6.26 Å². The van der Waals surface area contributed by atoms with E-state index >= 15 is 0 Å². The quantitative estimate of drug-likeness (QED) is 0.514. The second-order valence-electron chi connectivity index (χ2n) is 2.02. The minimum Gasteiger partial charge on any atom is -0.245 e. The Kier molecular flexibility index (Phi) is 3.81. The zero-order chi connectivity index (χ0) is 7.33. The Morgan fingerprint density at radius 1 is 1.44 bits per heavy atom. The van der Waals surface area contributed by atoms with Crippen molar-refractivity contribution in [2.75, 3.05) is 25.6 Å². The van der Waals surface area contributed by atoms with E-state index in [1.54, 1.807) is 7.05 Å². The maximum absolute atomic E-state index is 10.5.